The third kappa shape index (κ3) is 4.74. The van der Waals surface area contributed by atoms with Gasteiger partial charge in [-0.2, -0.15) is 9.78 Å². The lowest BCUT2D eigenvalue weighted by molar-refractivity contribution is -0.118. The van der Waals surface area contributed by atoms with Crippen LogP contribution in [0.5, 0.6) is 5.75 Å². The van der Waals surface area contributed by atoms with E-state index in [2.05, 4.69) is 41.5 Å². The molecule has 160 valence electrons. The Bertz CT molecular complexity index is 1120. The van der Waals surface area contributed by atoms with Gasteiger partial charge in [0.2, 0.25) is 5.91 Å². The summed E-state index contributed by atoms with van der Waals surface area (Å²) in [5.41, 5.74) is 2.45. The number of carbonyl (C=O) groups is 2. The van der Waals surface area contributed by atoms with E-state index < -0.39 is 0 Å². The van der Waals surface area contributed by atoms with Gasteiger partial charge < -0.3 is 15.4 Å². The summed E-state index contributed by atoms with van der Waals surface area (Å²) in [6.07, 6.45) is 2.79. The van der Waals surface area contributed by atoms with Crippen LogP contribution in [0.1, 0.15) is 38.4 Å². The molecule has 0 spiro atoms. The summed E-state index contributed by atoms with van der Waals surface area (Å²) >= 11 is 0. The first kappa shape index (κ1) is 20.6. The Kier molecular flexibility index (Phi) is 5.46. The van der Waals surface area contributed by atoms with E-state index in [0.29, 0.717) is 30.2 Å². The molecule has 0 radical (unpaired) electrons. The number of carbonyl (C=O) groups excluding carboxylic acids is 2. The molecular weight excluding hydrogens is 394 g/mol. The summed E-state index contributed by atoms with van der Waals surface area (Å²) in [6.45, 7) is 6.03. The lowest BCUT2D eigenvalue weighted by atomic mass is 9.92. The van der Waals surface area contributed by atoms with Crippen LogP contribution in [0.15, 0.2) is 48.7 Å². The first-order valence-electron chi connectivity index (χ1n) is 10.2. The number of nitrogens with one attached hydrogen (secondary N) is 2. The predicted molar refractivity (Wildman–Crippen MR) is 118 cm³/mol. The van der Waals surface area contributed by atoms with E-state index in [4.69, 9.17) is 4.74 Å². The first-order chi connectivity index (χ1) is 14.8. The fourth-order valence-electron chi connectivity index (χ4n) is 3.27. The zero-order valence-corrected chi connectivity index (χ0v) is 17.8. The molecule has 0 saturated carbocycles. The first-order valence-corrected chi connectivity index (χ1v) is 10.2. The van der Waals surface area contributed by atoms with Crippen molar-refractivity contribution < 1.29 is 14.3 Å². The van der Waals surface area contributed by atoms with Crippen LogP contribution in [-0.4, -0.2) is 33.2 Å². The lowest BCUT2D eigenvalue weighted by Gasteiger charge is -2.17. The van der Waals surface area contributed by atoms with Gasteiger partial charge in [0.25, 0.3) is 5.91 Å². The van der Waals surface area contributed by atoms with Crippen molar-refractivity contribution in [3.8, 4) is 11.6 Å². The number of hydrogen-bond donors (Lipinski definition) is 2. The molecule has 0 saturated heterocycles. The number of aromatic nitrogens is 3. The second kappa shape index (κ2) is 8.22. The highest BCUT2D eigenvalue weighted by atomic mass is 16.5. The van der Waals surface area contributed by atoms with E-state index >= 15 is 0 Å². The fraction of sp³-hybridized carbons (Fsp3) is 0.304. The number of ether oxygens (including phenoxy) is 1. The minimum absolute atomic E-state index is 0.0136. The number of hydrogen-bond acceptors (Lipinski definition) is 5. The molecule has 3 aromatic rings. The largest absolute Gasteiger partial charge is 0.484 e. The lowest BCUT2D eigenvalue weighted by Crippen LogP contribution is -2.22. The van der Waals surface area contributed by atoms with Crippen LogP contribution in [-0.2, 0) is 21.4 Å². The van der Waals surface area contributed by atoms with E-state index in [1.165, 1.54) is 0 Å². The van der Waals surface area contributed by atoms with Crippen LogP contribution in [0, 0.1) is 0 Å². The molecule has 8 nitrogen and oxygen atoms in total. The van der Waals surface area contributed by atoms with Crippen molar-refractivity contribution in [3.63, 3.8) is 0 Å². The quantitative estimate of drug-likeness (QED) is 0.660. The number of aryl methyl sites for hydroxylation is 1. The van der Waals surface area contributed by atoms with E-state index in [-0.39, 0.29) is 23.8 Å². The number of fused-ring (bicyclic) bond motifs is 1. The van der Waals surface area contributed by atoms with Crippen LogP contribution in [0.4, 0.5) is 11.5 Å². The molecular formula is C23H25N5O3. The smallest absolute Gasteiger partial charge is 0.263 e. The fourth-order valence-corrected chi connectivity index (χ4v) is 3.27. The molecule has 2 aromatic heterocycles. The van der Waals surface area contributed by atoms with Gasteiger partial charge in [-0.3, -0.25) is 9.59 Å². The van der Waals surface area contributed by atoms with Crippen molar-refractivity contribution in [1.29, 1.82) is 0 Å². The number of anilines is 2. The molecule has 4 rings (SSSR count). The average molecular weight is 419 g/mol. The highest BCUT2D eigenvalue weighted by Gasteiger charge is 2.22. The molecule has 0 fully saturated rings. The Balaban J connectivity index is 1.47. The van der Waals surface area contributed by atoms with Crippen molar-refractivity contribution in [1.82, 2.24) is 14.8 Å². The van der Waals surface area contributed by atoms with Crippen molar-refractivity contribution in [3.05, 3.63) is 59.9 Å². The summed E-state index contributed by atoms with van der Waals surface area (Å²) in [4.78, 5) is 28.4. The molecule has 2 N–H and O–H groups in total. The minimum atomic E-state index is -0.302. The van der Waals surface area contributed by atoms with E-state index in [1.807, 2.05) is 30.3 Å². The zero-order valence-electron chi connectivity index (χ0n) is 17.8. The normalized spacial score (nSPS) is 13.3. The molecule has 1 aliphatic rings. The maximum absolute atomic E-state index is 12.6. The number of nitrogens with zero attached hydrogens (tertiary/aromatic N) is 3. The van der Waals surface area contributed by atoms with Gasteiger partial charge in [-0.25, -0.2) is 4.98 Å². The molecule has 1 aromatic carbocycles. The maximum Gasteiger partial charge on any atom is 0.263 e. The third-order valence-electron chi connectivity index (χ3n) is 4.95. The van der Waals surface area contributed by atoms with Gasteiger partial charge in [0.05, 0.1) is 5.69 Å². The molecule has 1 aliphatic heterocycles. The molecule has 2 amide bonds. The van der Waals surface area contributed by atoms with E-state index in [0.717, 1.165) is 16.9 Å². The summed E-state index contributed by atoms with van der Waals surface area (Å²) < 4.78 is 7.31. The number of amides is 2. The molecule has 0 bridgehead atoms. The molecule has 8 heteroatoms. The van der Waals surface area contributed by atoms with Gasteiger partial charge >= 0.3 is 0 Å². The van der Waals surface area contributed by atoms with Crippen molar-refractivity contribution >= 4 is 23.3 Å². The SMILES string of the molecule is CC(C)(C)c1cc(NC(=O)COc2ccc3c(c2)CCC(=O)N3)n(-c2ccccn2)n1. The Morgan fingerprint density at radius 1 is 1.19 bits per heavy atom. The van der Waals surface area contributed by atoms with Crippen LogP contribution in [0.3, 0.4) is 0 Å². The Morgan fingerprint density at radius 3 is 2.77 bits per heavy atom. The second-order valence-electron chi connectivity index (χ2n) is 8.47. The highest BCUT2D eigenvalue weighted by Crippen LogP contribution is 2.27. The van der Waals surface area contributed by atoms with Gasteiger partial charge in [-0.1, -0.05) is 26.8 Å². The monoisotopic (exact) mass is 419 g/mol. The predicted octanol–water partition coefficient (Wildman–Crippen LogP) is 3.47. The minimum Gasteiger partial charge on any atom is -0.484 e. The molecule has 3 heterocycles. The molecule has 0 unspecified atom stereocenters. The van der Waals surface area contributed by atoms with Crippen molar-refractivity contribution in [2.75, 3.05) is 17.2 Å². The number of rotatable bonds is 5. The average Bonchev–Trinajstić information content (AvgIpc) is 3.17. The zero-order chi connectivity index (χ0) is 22.0. The Labute approximate surface area is 180 Å². The standard InChI is InChI=1S/C23H25N5O3/c1-23(2,3)18-13-20(28(27-18)19-6-4-5-11-24-19)26-22(30)14-31-16-8-9-17-15(12-16)7-10-21(29)25-17/h4-6,8-9,11-13H,7,10,14H2,1-3H3,(H,25,29)(H,26,30). The number of pyridine rings is 1. The van der Waals surface area contributed by atoms with Crippen LogP contribution < -0.4 is 15.4 Å². The van der Waals surface area contributed by atoms with Crippen LogP contribution >= 0.6 is 0 Å². The van der Waals surface area contributed by atoms with Gasteiger partial charge in [0, 0.05) is 29.8 Å². The molecule has 0 atom stereocenters. The van der Waals surface area contributed by atoms with E-state index in [9.17, 15) is 9.59 Å². The molecule has 0 aliphatic carbocycles. The van der Waals surface area contributed by atoms with E-state index in [1.54, 1.807) is 23.0 Å². The second-order valence-corrected chi connectivity index (χ2v) is 8.47. The summed E-state index contributed by atoms with van der Waals surface area (Å²) in [7, 11) is 0. The summed E-state index contributed by atoms with van der Waals surface area (Å²) in [5, 5.41) is 10.4. The van der Waals surface area contributed by atoms with Gasteiger partial charge in [-0.05, 0) is 42.3 Å². The van der Waals surface area contributed by atoms with Crippen molar-refractivity contribution in [2.45, 2.75) is 39.0 Å². The van der Waals surface area contributed by atoms with Gasteiger partial charge in [0.15, 0.2) is 12.4 Å². The Hall–Kier alpha value is -3.68. The summed E-state index contributed by atoms with van der Waals surface area (Å²) in [6, 6.07) is 12.8. The van der Waals surface area contributed by atoms with Gasteiger partial charge in [-0.15, -0.1) is 0 Å². The maximum atomic E-state index is 12.6. The van der Waals surface area contributed by atoms with Gasteiger partial charge in [0.1, 0.15) is 11.6 Å². The highest BCUT2D eigenvalue weighted by molar-refractivity contribution is 5.94. The third-order valence-corrected chi connectivity index (χ3v) is 4.95. The molecule has 31 heavy (non-hydrogen) atoms. The topological polar surface area (TPSA) is 98.1 Å². The van der Waals surface area contributed by atoms with Crippen LogP contribution in [0.25, 0.3) is 5.82 Å². The summed E-state index contributed by atoms with van der Waals surface area (Å²) in [5.74, 6) is 1.44. The Morgan fingerprint density at radius 2 is 2.03 bits per heavy atom. The number of benzene rings is 1. The van der Waals surface area contributed by atoms with Crippen molar-refractivity contribution in [2.24, 2.45) is 0 Å². The van der Waals surface area contributed by atoms with Crippen LogP contribution in [0.2, 0.25) is 0 Å².